The fourth-order valence-electron chi connectivity index (χ4n) is 2.48. The van der Waals surface area contributed by atoms with Crippen molar-refractivity contribution in [3.8, 4) is 0 Å². The Balaban J connectivity index is 2.46. The summed E-state index contributed by atoms with van der Waals surface area (Å²) < 4.78 is 22.2. The normalized spacial score (nSPS) is 25.2. The molecule has 12 heteroatoms. The van der Waals surface area contributed by atoms with Crippen LogP contribution in [0.5, 0.6) is 0 Å². The Bertz CT molecular complexity index is 819. The van der Waals surface area contributed by atoms with E-state index in [4.69, 9.17) is 31.2 Å². The lowest BCUT2D eigenvalue weighted by Gasteiger charge is -2.40. The minimum absolute atomic E-state index is 0.0906. The highest BCUT2D eigenvalue weighted by Gasteiger charge is 2.48. The van der Waals surface area contributed by atoms with Gasteiger partial charge in [0, 0.05) is 20.8 Å². The third-order valence-corrected chi connectivity index (χ3v) is 3.59. The summed E-state index contributed by atoms with van der Waals surface area (Å²) in [7, 11) is 0. The van der Waals surface area contributed by atoms with Gasteiger partial charge in [-0.2, -0.15) is 5.10 Å². The zero-order valence-corrected chi connectivity index (χ0v) is 15.0. The van der Waals surface area contributed by atoms with Crippen molar-refractivity contribution in [2.75, 3.05) is 6.61 Å². The minimum Gasteiger partial charge on any atom is -0.456 e. The van der Waals surface area contributed by atoms with Crippen molar-refractivity contribution in [1.82, 2.24) is 14.8 Å². The molecule has 4 atom stereocenters. The zero-order chi connectivity index (χ0) is 19.4. The van der Waals surface area contributed by atoms with Gasteiger partial charge < -0.3 is 18.9 Å². The second kappa shape index (κ2) is 8.19. The summed E-state index contributed by atoms with van der Waals surface area (Å²) in [5.41, 5.74) is -0.527. The van der Waals surface area contributed by atoms with Crippen molar-refractivity contribution < 1.29 is 33.3 Å². The summed E-state index contributed by atoms with van der Waals surface area (Å²) in [5.74, 6) is -2.00. The van der Waals surface area contributed by atoms with Gasteiger partial charge in [-0.15, -0.1) is 0 Å². The summed E-state index contributed by atoms with van der Waals surface area (Å²) in [5, 5.41) is 3.86. The molecule has 0 spiro atoms. The van der Waals surface area contributed by atoms with Crippen LogP contribution in [-0.2, 0) is 33.3 Å². The van der Waals surface area contributed by atoms with Gasteiger partial charge in [-0.3, -0.25) is 24.2 Å². The molecule has 2 heterocycles. The van der Waals surface area contributed by atoms with Crippen LogP contribution >= 0.6 is 12.2 Å². The Labute approximate surface area is 152 Å². The van der Waals surface area contributed by atoms with Crippen LogP contribution < -0.4 is 5.56 Å². The molecule has 2 rings (SSSR count). The first-order valence-electron chi connectivity index (χ1n) is 7.50. The van der Waals surface area contributed by atoms with E-state index in [9.17, 15) is 19.2 Å². The van der Waals surface area contributed by atoms with E-state index < -0.39 is 48.0 Å². The molecule has 0 aromatic carbocycles. The van der Waals surface area contributed by atoms with Crippen LogP contribution in [0.15, 0.2) is 11.0 Å². The average molecular weight is 387 g/mol. The average Bonchev–Trinajstić information content (AvgIpc) is 2.50. The summed E-state index contributed by atoms with van der Waals surface area (Å²) in [4.78, 5) is 48.0. The molecule has 26 heavy (non-hydrogen) atoms. The quantitative estimate of drug-likeness (QED) is 0.413. The molecule has 0 aliphatic carbocycles. The van der Waals surface area contributed by atoms with E-state index in [0.717, 1.165) is 24.7 Å². The van der Waals surface area contributed by atoms with E-state index in [1.54, 1.807) is 0 Å². The third-order valence-electron chi connectivity index (χ3n) is 3.30. The van der Waals surface area contributed by atoms with E-state index in [0.29, 0.717) is 0 Å². The second-order valence-electron chi connectivity index (χ2n) is 5.40. The lowest BCUT2D eigenvalue weighted by molar-refractivity contribution is -0.242. The van der Waals surface area contributed by atoms with Crippen LogP contribution in [0, 0.1) is 4.77 Å². The predicted octanol–water partition coefficient (Wildman–Crippen LogP) is -0.375. The molecular weight excluding hydrogens is 370 g/mol. The number of rotatable bonds is 4. The summed E-state index contributed by atoms with van der Waals surface area (Å²) in [6.45, 7) is 3.31. The van der Waals surface area contributed by atoms with Gasteiger partial charge in [0.05, 0.1) is 6.61 Å². The van der Waals surface area contributed by atoms with Gasteiger partial charge in [-0.05, 0) is 12.2 Å². The fourth-order valence-corrected chi connectivity index (χ4v) is 2.73. The highest BCUT2D eigenvalue weighted by atomic mass is 32.1. The highest BCUT2D eigenvalue weighted by Crippen LogP contribution is 2.30. The van der Waals surface area contributed by atoms with Crippen molar-refractivity contribution in [2.45, 2.75) is 45.3 Å². The lowest BCUT2D eigenvalue weighted by atomic mass is 10.0. The Kier molecular flexibility index (Phi) is 6.21. The number of nitrogens with one attached hydrogen (secondary N) is 1. The molecule has 1 aliphatic heterocycles. The number of aromatic amines is 1. The first kappa shape index (κ1) is 19.7. The van der Waals surface area contributed by atoms with E-state index in [1.807, 2.05) is 0 Å². The first-order chi connectivity index (χ1) is 12.2. The van der Waals surface area contributed by atoms with Gasteiger partial charge in [-0.1, -0.05) is 0 Å². The molecule has 0 unspecified atom stereocenters. The molecule has 1 aliphatic rings. The molecule has 1 aromatic heterocycles. The summed E-state index contributed by atoms with van der Waals surface area (Å²) in [6, 6.07) is 0. The third kappa shape index (κ3) is 4.73. The number of aromatic nitrogens is 3. The van der Waals surface area contributed by atoms with E-state index in [1.165, 1.54) is 6.92 Å². The number of esters is 3. The predicted molar refractivity (Wildman–Crippen MR) is 85.3 cm³/mol. The van der Waals surface area contributed by atoms with Gasteiger partial charge in [-0.25, -0.2) is 4.68 Å². The van der Waals surface area contributed by atoms with Crippen LogP contribution in [0.3, 0.4) is 0 Å². The molecule has 11 nitrogen and oxygen atoms in total. The van der Waals surface area contributed by atoms with Gasteiger partial charge in [0.15, 0.2) is 29.3 Å². The van der Waals surface area contributed by atoms with E-state index >= 15 is 0 Å². The van der Waals surface area contributed by atoms with Crippen molar-refractivity contribution in [1.29, 1.82) is 0 Å². The largest absolute Gasteiger partial charge is 0.456 e. The van der Waals surface area contributed by atoms with E-state index in [2.05, 4.69) is 10.1 Å². The number of nitrogens with zero attached hydrogens (tertiary/aromatic N) is 2. The van der Waals surface area contributed by atoms with Gasteiger partial charge in [0.2, 0.25) is 0 Å². The van der Waals surface area contributed by atoms with Crippen LogP contribution in [0.25, 0.3) is 0 Å². The molecule has 1 N–H and O–H groups in total. The second-order valence-corrected chi connectivity index (χ2v) is 5.79. The summed E-state index contributed by atoms with van der Waals surface area (Å²) >= 11 is 5.04. The topological polar surface area (TPSA) is 139 Å². The molecule has 0 radical (unpaired) electrons. The zero-order valence-electron chi connectivity index (χ0n) is 14.2. The van der Waals surface area contributed by atoms with Gasteiger partial charge in [0.25, 0.3) is 5.56 Å². The molecule has 1 saturated heterocycles. The highest BCUT2D eigenvalue weighted by molar-refractivity contribution is 7.71. The Morgan fingerprint density at radius 2 is 1.73 bits per heavy atom. The SMILES string of the molecule is CC(=O)O[C@H]1[C@H](OC(C)=O)[C@@H](n2ncc(=O)[nH]c2=S)OC[C@@H]1OC(C)=O. The lowest BCUT2D eigenvalue weighted by Crippen LogP contribution is -2.56. The summed E-state index contributed by atoms with van der Waals surface area (Å²) in [6.07, 6.45) is -3.54. The molecule has 1 aromatic rings. The number of carbonyl (C=O) groups excluding carboxylic acids is 3. The minimum atomic E-state index is -1.22. The van der Waals surface area contributed by atoms with Crippen molar-refractivity contribution >= 4 is 30.1 Å². The van der Waals surface area contributed by atoms with E-state index in [-0.39, 0.29) is 11.4 Å². The maximum absolute atomic E-state index is 11.5. The number of carbonyl (C=O) groups is 3. The molecule has 0 bridgehead atoms. The van der Waals surface area contributed by atoms with Crippen LogP contribution in [0.2, 0.25) is 0 Å². The Hall–Kier alpha value is -2.60. The molecule has 142 valence electrons. The number of hydrogen-bond donors (Lipinski definition) is 1. The van der Waals surface area contributed by atoms with Gasteiger partial charge >= 0.3 is 17.9 Å². The molecular formula is C14H17N3O8S. The van der Waals surface area contributed by atoms with Gasteiger partial charge in [0.1, 0.15) is 6.20 Å². The van der Waals surface area contributed by atoms with Crippen molar-refractivity contribution in [3.63, 3.8) is 0 Å². The standard InChI is InChI=1S/C14H17N3O8S/c1-6(18)23-9-5-22-13(17-14(26)16-10(21)4-15-17)12(25-8(3)20)11(9)24-7(2)19/h4,9,11-13H,5H2,1-3H3,(H,16,21,26)/t9-,11+,12-,13-/m0/s1. The van der Waals surface area contributed by atoms with Crippen molar-refractivity contribution in [2.24, 2.45) is 0 Å². The number of H-pyrrole nitrogens is 1. The fraction of sp³-hybridized carbons (Fsp3) is 0.571. The Morgan fingerprint density at radius 3 is 2.27 bits per heavy atom. The first-order valence-corrected chi connectivity index (χ1v) is 7.91. The molecule has 0 saturated carbocycles. The molecule has 0 amide bonds. The Morgan fingerprint density at radius 1 is 1.15 bits per heavy atom. The maximum atomic E-state index is 11.5. The smallest absolute Gasteiger partial charge is 0.303 e. The molecule has 1 fully saturated rings. The van der Waals surface area contributed by atoms with Crippen LogP contribution in [-0.4, -0.2) is 57.6 Å². The van der Waals surface area contributed by atoms with Crippen molar-refractivity contribution in [3.05, 3.63) is 21.3 Å². The van der Waals surface area contributed by atoms with Crippen LogP contribution in [0.1, 0.15) is 27.0 Å². The monoisotopic (exact) mass is 387 g/mol. The number of ether oxygens (including phenoxy) is 4. The van der Waals surface area contributed by atoms with Crippen LogP contribution in [0.4, 0.5) is 0 Å². The maximum Gasteiger partial charge on any atom is 0.303 e. The number of hydrogen-bond acceptors (Lipinski definition) is 10.